The molecule has 0 unspecified atom stereocenters. The van der Waals surface area contributed by atoms with Gasteiger partial charge in [-0.25, -0.2) is 10.4 Å². The summed E-state index contributed by atoms with van der Waals surface area (Å²) in [6.07, 6.45) is 1.55. The maximum atomic E-state index is 11.9. The Hall–Kier alpha value is -3.00. The third kappa shape index (κ3) is 4.34. The van der Waals surface area contributed by atoms with Crippen molar-refractivity contribution in [2.75, 3.05) is 20.0 Å². The number of benzene rings is 2. The van der Waals surface area contributed by atoms with Crippen LogP contribution in [0.2, 0.25) is 0 Å². The zero-order valence-electron chi connectivity index (χ0n) is 14.4. The van der Waals surface area contributed by atoms with Gasteiger partial charge in [0.2, 0.25) is 0 Å². The number of hydrazone groups is 1. The molecule has 0 saturated heterocycles. The number of nitrogens with one attached hydrogen (secondary N) is 2. The average Bonchev–Trinajstić information content (AvgIpc) is 3.09. The first kappa shape index (κ1) is 17.8. The van der Waals surface area contributed by atoms with E-state index in [0.29, 0.717) is 16.7 Å². The Morgan fingerprint density at radius 1 is 1.23 bits per heavy atom. The quantitative estimate of drug-likeness (QED) is 0.379. The van der Waals surface area contributed by atoms with Gasteiger partial charge in [-0.05, 0) is 35.9 Å². The van der Waals surface area contributed by atoms with E-state index in [0.717, 1.165) is 16.6 Å². The van der Waals surface area contributed by atoms with Crippen molar-refractivity contribution in [1.29, 1.82) is 0 Å². The van der Waals surface area contributed by atoms with E-state index in [4.69, 9.17) is 9.47 Å². The Kier molecular flexibility index (Phi) is 5.75. The number of imidazole rings is 1. The van der Waals surface area contributed by atoms with Crippen LogP contribution in [0.1, 0.15) is 5.56 Å². The van der Waals surface area contributed by atoms with Gasteiger partial charge in [0, 0.05) is 0 Å². The molecule has 3 aromatic rings. The maximum Gasteiger partial charge on any atom is 0.250 e. The van der Waals surface area contributed by atoms with Crippen LogP contribution >= 0.6 is 11.8 Å². The highest BCUT2D eigenvalue weighted by Gasteiger charge is 2.06. The summed E-state index contributed by atoms with van der Waals surface area (Å²) in [6, 6.07) is 13.1. The summed E-state index contributed by atoms with van der Waals surface area (Å²) in [5.41, 5.74) is 5.11. The number of rotatable bonds is 7. The van der Waals surface area contributed by atoms with E-state index < -0.39 is 0 Å². The van der Waals surface area contributed by atoms with E-state index >= 15 is 0 Å². The fourth-order valence-electron chi connectivity index (χ4n) is 2.28. The van der Waals surface area contributed by atoms with E-state index in [1.807, 2.05) is 30.3 Å². The van der Waals surface area contributed by atoms with Gasteiger partial charge in [0.15, 0.2) is 16.7 Å². The zero-order chi connectivity index (χ0) is 18.4. The molecular weight excluding hydrogens is 352 g/mol. The van der Waals surface area contributed by atoms with Crippen molar-refractivity contribution in [3.8, 4) is 11.5 Å². The van der Waals surface area contributed by atoms with Crippen molar-refractivity contribution in [2.45, 2.75) is 5.16 Å². The lowest BCUT2D eigenvalue weighted by Gasteiger charge is -2.07. The molecule has 0 aliphatic heterocycles. The molecule has 0 fully saturated rings. The van der Waals surface area contributed by atoms with Gasteiger partial charge in [0.05, 0.1) is 37.2 Å². The second kappa shape index (κ2) is 8.39. The molecule has 1 aromatic heterocycles. The van der Waals surface area contributed by atoms with Gasteiger partial charge < -0.3 is 14.5 Å². The topological polar surface area (TPSA) is 88.6 Å². The minimum Gasteiger partial charge on any atom is -0.493 e. The third-order valence-corrected chi connectivity index (χ3v) is 4.39. The van der Waals surface area contributed by atoms with Crippen LogP contribution < -0.4 is 14.9 Å². The maximum absolute atomic E-state index is 11.9. The number of aromatic amines is 1. The average molecular weight is 370 g/mol. The fourth-order valence-corrected chi connectivity index (χ4v) is 2.95. The zero-order valence-corrected chi connectivity index (χ0v) is 15.2. The SMILES string of the molecule is COc1ccc(C=NNC(=O)CSc2nc3ccccc3[nH]2)cc1OC. The Balaban J connectivity index is 1.52. The van der Waals surface area contributed by atoms with Crippen LogP contribution in [0.4, 0.5) is 0 Å². The van der Waals surface area contributed by atoms with Crippen LogP contribution in [0.3, 0.4) is 0 Å². The van der Waals surface area contributed by atoms with Crippen molar-refractivity contribution in [2.24, 2.45) is 5.10 Å². The molecule has 1 heterocycles. The summed E-state index contributed by atoms with van der Waals surface area (Å²) in [5, 5.41) is 4.66. The van der Waals surface area contributed by atoms with Gasteiger partial charge in [0.1, 0.15) is 0 Å². The first-order chi connectivity index (χ1) is 12.7. The van der Waals surface area contributed by atoms with E-state index in [1.54, 1.807) is 32.6 Å². The summed E-state index contributed by atoms with van der Waals surface area (Å²) in [4.78, 5) is 19.5. The number of amides is 1. The van der Waals surface area contributed by atoms with E-state index in [9.17, 15) is 4.79 Å². The first-order valence-electron chi connectivity index (χ1n) is 7.81. The normalized spacial score (nSPS) is 11.0. The molecule has 2 aromatic carbocycles. The number of methoxy groups -OCH3 is 2. The molecular formula is C18H18N4O3S. The number of carbonyl (C=O) groups is 1. The lowest BCUT2D eigenvalue weighted by molar-refractivity contribution is -0.118. The highest BCUT2D eigenvalue weighted by molar-refractivity contribution is 7.99. The summed E-state index contributed by atoms with van der Waals surface area (Å²) < 4.78 is 10.4. The minimum absolute atomic E-state index is 0.211. The van der Waals surface area contributed by atoms with Gasteiger partial charge in [-0.1, -0.05) is 23.9 Å². The largest absolute Gasteiger partial charge is 0.493 e. The van der Waals surface area contributed by atoms with Crippen LogP contribution in [-0.4, -0.2) is 42.1 Å². The Morgan fingerprint density at radius 2 is 2.04 bits per heavy atom. The molecule has 0 spiro atoms. The van der Waals surface area contributed by atoms with Gasteiger partial charge in [-0.2, -0.15) is 5.10 Å². The molecule has 0 atom stereocenters. The second-order valence-electron chi connectivity index (χ2n) is 5.26. The molecule has 26 heavy (non-hydrogen) atoms. The molecule has 1 amide bonds. The number of thioether (sulfide) groups is 1. The van der Waals surface area contributed by atoms with Crippen molar-refractivity contribution < 1.29 is 14.3 Å². The predicted molar refractivity (Wildman–Crippen MR) is 102 cm³/mol. The predicted octanol–water partition coefficient (Wildman–Crippen LogP) is 2.82. The van der Waals surface area contributed by atoms with Crippen LogP contribution in [0.25, 0.3) is 11.0 Å². The number of para-hydroxylation sites is 2. The minimum atomic E-state index is -0.216. The highest BCUT2D eigenvalue weighted by Crippen LogP contribution is 2.26. The van der Waals surface area contributed by atoms with Crippen LogP contribution in [0, 0.1) is 0 Å². The molecule has 0 saturated carbocycles. The fraction of sp³-hybridized carbons (Fsp3) is 0.167. The number of hydrogen-bond donors (Lipinski definition) is 2. The van der Waals surface area contributed by atoms with E-state index in [2.05, 4.69) is 20.5 Å². The van der Waals surface area contributed by atoms with Crippen LogP contribution in [0.15, 0.2) is 52.7 Å². The lowest BCUT2D eigenvalue weighted by atomic mass is 10.2. The molecule has 0 radical (unpaired) electrons. The van der Waals surface area contributed by atoms with E-state index in [1.165, 1.54) is 11.8 Å². The van der Waals surface area contributed by atoms with Gasteiger partial charge in [-0.3, -0.25) is 4.79 Å². The second-order valence-corrected chi connectivity index (χ2v) is 6.22. The highest BCUT2D eigenvalue weighted by atomic mass is 32.2. The number of carbonyl (C=O) groups excluding carboxylic acids is 1. The van der Waals surface area contributed by atoms with Gasteiger partial charge in [-0.15, -0.1) is 0 Å². The van der Waals surface area contributed by atoms with Crippen molar-refractivity contribution >= 4 is 34.9 Å². The van der Waals surface area contributed by atoms with Crippen molar-refractivity contribution in [3.63, 3.8) is 0 Å². The Bertz CT molecular complexity index is 906. The molecule has 3 rings (SSSR count). The molecule has 7 nitrogen and oxygen atoms in total. The number of aromatic nitrogens is 2. The van der Waals surface area contributed by atoms with Crippen LogP contribution in [-0.2, 0) is 4.79 Å². The van der Waals surface area contributed by atoms with Crippen molar-refractivity contribution in [1.82, 2.24) is 15.4 Å². The standard InChI is InChI=1S/C18H18N4O3S/c1-24-15-8-7-12(9-16(15)25-2)10-19-22-17(23)11-26-18-20-13-5-3-4-6-14(13)21-18/h3-10H,11H2,1-2H3,(H,20,21)(H,22,23). The molecule has 8 heteroatoms. The summed E-state index contributed by atoms with van der Waals surface area (Å²) in [7, 11) is 3.14. The number of hydrogen-bond acceptors (Lipinski definition) is 6. The number of ether oxygens (including phenoxy) is 2. The van der Waals surface area contributed by atoms with Gasteiger partial charge in [0.25, 0.3) is 5.91 Å². The Labute approximate surface area is 154 Å². The molecule has 2 N–H and O–H groups in total. The number of fused-ring (bicyclic) bond motifs is 1. The summed E-state index contributed by atoms with van der Waals surface area (Å²) in [5.74, 6) is 1.23. The molecule has 0 bridgehead atoms. The molecule has 134 valence electrons. The third-order valence-electron chi connectivity index (χ3n) is 3.52. The molecule has 0 aliphatic carbocycles. The summed E-state index contributed by atoms with van der Waals surface area (Å²) in [6.45, 7) is 0. The Morgan fingerprint density at radius 3 is 2.81 bits per heavy atom. The first-order valence-corrected chi connectivity index (χ1v) is 8.79. The molecule has 0 aliphatic rings. The summed E-state index contributed by atoms with van der Waals surface area (Å²) >= 11 is 1.32. The van der Waals surface area contributed by atoms with Crippen LogP contribution in [0.5, 0.6) is 11.5 Å². The van der Waals surface area contributed by atoms with Gasteiger partial charge >= 0.3 is 0 Å². The number of nitrogens with zero attached hydrogens (tertiary/aromatic N) is 2. The van der Waals surface area contributed by atoms with E-state index in [-0.39, 0.29) is 11.7 Å². The van der Waals surface area contributed by atoms with Crippen molar-refractivity contribution in [3.05, 3.63) is 48.0 Å². The lowest BCUT2D eigenvalue weighted by Crippen LogP contribution is -2.19. The smallest absolute Gasteiger partial charge is 0.250 e. The number of H-pyrrole nitrogens is 1. The monoisotopic (exact) mass is 370 g/mol.